The number of carbonyl (C=O) groups excluding carboxylic acids is 3. The number of hydrogen-bond acceptors (Lipinski definition) is 7. The summed E-state index contributed by atoms with van der Waals surface area (Å²) >= 11 is 0. The zero-order valence-corrected chi connectivity index (χ0v) is 16.2. The highest BCUT2D eigenvalue weighted by Crippen LogP contribution is 2.21. The van der Waals surface area contributed by atoms with Crippen LogP contribution >= 0.6 is 0 Å². The molecule has 1 fully saturated rings. The van der Waals surface area contributed by atoms with Gasteiger partial charge in [0.15, 0.2) is 5.71 Å². The van der Waals surface area contributed by atoms with E-state index in [4.69, 9.17) is 4.74 Å². The number of β-lactam (4-membered cyclic amide) rings is 1. The molecule has 2 aromatic rings. The number of nitrogens with zero attached hydrogens (tertiary/aromatic N) is 2. The van der Waals surface area contributed by atoms with Crippen molar-refractivity contribution < 1.29 is 29.4 Å². The summed E-state index contributed by atoms with van der Waals surface area (Å²) in [5.41, 5.74) is 0.929. The predicted molar refractivity (Wildman–Crippen MR) is 106 cm³/mol. The molecule has 9 heteroatoms. The third kappa shape index (κ3) is 4.40. The normalized spacial score (nSPS) is 17.1. The number of carbonyl (C=O) groups is 3. The number of aromatic hydroxyl groups is 1. The summed E-state index contributed by atoms with van der Waals surface area (Å²) in [5.74, 6) is -1.63. The maximum absolute atomic E-state index is 12.6. The number of nitrogens with one attached hydrogen (secondary N) is 1. The Bertz CT molecular complexity index is 958. The lowest BCUT2D eigenvalue weighted by Gasteiger charge is -2.42. The monoisotopic (exact) mass is 411 g/mol. The molecule has 2 amide bonds. The minimum Gasteiger partial charge on any atom is -0.508 e. The summed E-state index contributed by atoms with van der Waals surface area (Å²) in [6.07, 6.45) is 0.201. The van der Waals surface area contributed by atoms with E-state index in [-0.39, 0.29) is 24.4 Å². The summed E-state index contributed by atoms with van der Waals surface area (Å²) in [7, 11) is 1.24. The van der Waals surface area contributed by atoms with E-state index in [0.29, 0.717) is 5.56 Å². The van der Waals surface area contributed by atoms with Crippen molar-refractivity contribution in [3.63, 3.8) is 0 Å². The van der Waals surface area contributed by atoms with Gasteiger partial charge in [0.2, 0.25) is 5.91 Å². The Morgan fingerprint density at radius 3 is 2.43 bits per heavy atom. The largest absolute Gasteiger partial charge is 0.508 e. The lowest BCUT2D eigenvalue weighted by molar-refractivity contribution is -0.161. The summed E-state index contributed by atoms with van der Waals surface area (Å²) in [4.78, 5) is 38.6. The SMILES string of the molecule is COC(=O)C(Cc1ccc(O)cc1)N1CC(NC(=O)/C(=N/O)c2ccccc2)C1=O. The van der Waals surface area contributed by atoms with E-state index < -0.39 is 29.9 Å². The molecule has 30 heavy (non-hydrogen) atoms. The summed E-state index contributed by atoms with van der Waals surface area (Å²) in [6, 6.07) is 12.9. The molecule has 9 nitrogen and oxygen atoms in total. The third-order valence-electron chi connectivity index (χ3n) is 4.84. The highest BCUT2D eigenvalue weighted by atomic mass is 16.5. The van der Waals surface area contributed by atoms with Crippen LogP contribution in [0.3, 0.4) is 0 Å². The molecule has 3 rings (SSSR count). The zero-order valence-electron chi connectivity index (χ0n) is 16.2. The van der Waals surface area contributed by atoms with Crippen LogP contribution in [0.15, 0.2) is 59.8 Å². The molecule has 0 aromatic heterocycles. The zero-order chi connectivity index (χ0) is 21.7. The van der Waals surface area contributed by atoms with Gasteiger partial charge in [-0.2, -0.15) is 0 Å². The van der Waals surface area contributed by atoms with Gasteiger partial charge in [-0.3, -0.25) is 9.59 Å². The number of methoxy groups -OCH3 is 1. The van der Waals surface area contributed by atoms with Gasteiger partial charge < -0.3 is 25.3 Å². The highest BCUT2D eigenvalue weighted by molar-refractivity contribution is 6.45. The number of hydrogen-bond donors (Lipinski definition) is 3. The molecule has 0 bridgehead atoms. The van der Waals surface area contributed by atoms with Crippen molar-refractivity contribution in [1.29, 1.82) is 0 Å². The van der Waals surface area contributed by atoms with Gasteiger partial charge in [-0.15, -0.1) is 0 Å². The Kier molecular flexibility index (Phi) is 6.31. The van der Waals surface area contributed by atoms with Gasteiger partial charge in [-0.05, 0) is 17.7 Å². The van der Waals surface area contributed by atoms with Gasteiger partial charge >= 0.3 is 5.97 Å². The minimum atomic E-state index is -0.861. The second kappa shape index (κ2) is 9.08. The van der Waals surface area contributed by atoms with Gasteiger partial charge in [0.25, 0.3) is 5.91 Å². The summed E-state index contributed by atoms with van der Waals surface area (Å²) < 4.78 is 4.82. The maximum atomic E-state index is 12.6. The second-order valence-electron chi connectivity index (χ2n) is 6.74. The molecule has 0 saturated carbocycles. The Balaban J connectivity index is 1.66. The first-order valence-electron chi connectivity index (χ1n) is 9.19. The van der Waals surface area contributed by atoms with E-state index in [0.717, 1.165) is 5.56 Å². The number of benzene rings is 2. The van der Waals surface area contributed by atoms with Crippen molar-refractivity contribution in [2.45, 2.75) is 18.5 Å². The van der Waals surface area contributed by atoms with Crippen molar-refractivity contribution in [3.8, 4) is 5.75 Å². The van der Waals surface area contributed by atoms with Crippen LogP contribution in [0.5, 0.6) is 5.75 Å². The topological polar surface area (TPSA) is 129 Å². The average Bonchev–Trinajstić information content (AvgIpc) is 2.77. The Morgan fingerprint density at radius 1 is 1.20 bits per heavy atom. The van der Waals surface area contributed by atoms with Crippen LogP contribution < -0.4 is 5.32 Å². The van der Waals surface area contributed by atoms with Crippen molar-refractivity contribution in [2.75, 3.05) is 13.7 Å². The van der Waals surface area contributed by atoms with Crippen LogP contribution in [-0.4, -0.2) is 64.4 Å². The van der Waals surface area contributed by atoms with Crippen LogP contribution in [-0.2, 0) is 25.5 Å². The quantitative estimate of drug-likeness (QED) is 0.202. The van der Waals surface area contributed by atoms with Crippen molar-refractivity contribution in [3.05, 3.63) is 65.7 Å². The van der Waals surface area contributed by atoms with Crippen LogP contribution in [0.4, 0.5) is 0 Å². The van der Waals surface area contributed by atoms with Gasteiger partial charge in [-0.1, -0.05) is 47.6 Å². The van der Waals surface area contributed by atoms with Crippen molar-refractivity contribution >= 4 is 23.5 Å². The number of amides is 2. The number of oxime groups is 1. The molecule has 3 N–H and O–H groups in total. The lowest BCUT2D eigenvalue weighted by atomic mass is 9.98. The molecule has 0 radical (unpaired) electrons. The number of likely N-dealkylation sites (tertiary alicyclic amines) is 1. The van der Waals surface area contributed by atoms with Crippen LogP contribution in [0.2, 0.25) is 0 Å². The highest BCUT2D eigenvalue weighted by Gasteiger charge is 2.45. The fourth-order valence-electron chi connectivity index (χ4n) is 3.21. The second-order valence-corrected chi connectivity index (χ2v) is 6.74. The molecule has 0 aliphatic carbocycles. The number of esters is 1. The number of ether oxygens (including phenoxy) is 1. The fraction of sp³-hybridized carbons (Fsp3) is 0.238. The first kappa shape index (κ1) is 20.8. The van der Waals surface area contributed by atoms with E-state index in [9.17, 15) is 24.7 Å². The third-order valence-corrected chi connectivity index (χ3v) is 4.84. The molecule has 1 aliphatic heterocycles. The van der Waals surface area contributed by atoms with Crippen LogP contribution in [0.1, 0.15) is 11.1 Å². The van der Waals surface area contributed by atoms with Gasteiger partial charge in [0, 0.05) is 12.0 Å². The van der Waals surface area contributed by atoms with Crippen molar-refractivity contribution in [2.24, 2.45) is 5.16 Å². The Labute approximate surface area is 172 Å². The van der Waals surface area contributed by atoms with Gasteiger partial charge in [0.1, 0.15) is 17.8 Å². The number of rotatable bonds is 7. The first-order chi connectivity index (χ1) is 14.4. The van der Waals surface area contributed by atoms with E-state index >= 15 is 0 Å². The summed E-state index contributed by atoms with van der Waals surface area (Å²) in [6.45, 7) is 0.107. The number of phenols is 1. The number of phenolic OH excluding ortho intramolecular Hbond substituents is 1. The average molecular weight is 411 g/mol. The Morgan fingerprint density at radius 2 is 1.87 bits per heavy atom. The van der Waals surface area contributed by atoms with E-state index in [1.807, 2.05) is 0 Å². The predicted octanol–water partition coefficient (Wildman–Crippen LogP) is 0.682. The first-order valence-corrected chi connectivity index (χ1v) is 9.19. The van der Waals surface area contributed by atoms with Gasteiger partial charge in [-0.25, -0.2) is 4.79 Å². The van der Waals surface area contributed by atoms with E-state index in [2.05, 4.69) is 10.5 Å². The van der Waals surface area contributed by atoms with Crippen molar-refractivity contribution in [1.82, 2.24) is 10.2 Å². The molecule has 1 saturated heterocycles. The Hall–Kier alpha value is -3.88. The fourth-order valence-corrected chi connectivity index (χ4v) is 3.21. The van der Waals surface area contributed by atoms with Gasteiger partial charge in [0.05, 0.1) is 13.7 Å². The molecule has 156 valence electrons. The molecule has 2 unspecified atom stereocenters. The lowest BCUT2D eigenvalue weighted by Crippen LogP contribution is -2.68. The molecular formula is C21H21N3O6. The van der Waals surface area contributed by atoms with Crippen LogP contribution in [0.25, 0.3) is 0 Å². The van der Waals surface area contributed by atoms with E-state index in [1.165, 1.54) is 24.1 Å². The molecule has 2 aromatic carbocycles. The maximum Gasteiger partial charge on any atom is 0.328 e. The molecular weight excluding hydrogens is 390 g/mol. The van der Waals surface area contributed by atoms with E-state index in [1.54, 1.807) is 42.5 Å². The summed E-state index contributed by atoms with van der Waals surface area (Å²) in [5, 5.41) is 24.2. The molecule has 1 heterocycles. The molecule has 1 aliphatic rings. The molecule has 0 spiro atoms. The standard InChI is InChI=1S/C21H21N3O6/c1-30-21(28)17(11-13-7-9-15(25)10-8-13)24-12-16(20(24)27)22-19(26)18(23-29)14-5-3-2-4-6-14/h2-10,16-17,25,29H,11-12H2,1H3,(H,22,26)/b23-18+. The smallest absolute Gasteiger partial charge is 0.328 e. The minimum absolute atomic E-state index is 0.0935. The molecule has 2 atom stereocenters. The van der Waals surface area contributed by atoms with Crippen LogP contribution in [0, 0.1) is 0 Å².